The summed E-state index contributed by atoms with van der Waals surface area (Å²) in [5.74, 6) is -0.125. The molecule has 0 atom stereocenters. The number of nitrogens with zero attached hydrogens (tertiary/aromatic N) is 2. The molecule has 3 aromatic carbocycles. The summed E-state index contributed by atoms with van der Waals surface area (Å²) in [6.07, 6.45) is 0. The number of non-ortho nitro benzene ring substituents is 1. The summed E-state index contributed by atoms with van der Waals surface area (Å²) < 4.78 is 17.9. The van der Waals surface area contributed by atoms with Gasteiger partial charge in [0.1, 0.15) is 18.9 Å². The standard InChI is InChI=1S/C24H18N2O7/c27-22(32-13-16-10-17(26(29)30)9-15-12-31-14-33-24(15)16)11-25-20-7-3-1-5-18(20)23(28)19-6-2-4-8-21(19)25/h1-10H,11-14H2. The van der Waals surface area contributed by atoms with Crippen LogP contribution < -0.4 is 10.2 Å². The van der Waals surface area contributed by atoms with E-state index in [1.54, 1.807) is 53.1 Å². The molecule has 5 rings (SSSR count). The molecule has 9 heteroatoms. The van der Waals surface area contributed by atoms with Crippen molar-refractivity contribution in [1.82, 2.24) is 4.57 Å². The van der Waals surface area contributed by atoms with Crippen LogP contribution in [-0.4, -0.2) is 22.3 Å². The molecule has 0 saturated carbocycles. The number of carbonyl (C=O) groups is 1. The molecular formula is C24H18N2O7. The van der Waals surface area contributed by atoms with Gasteiger partial charge in [0.2, 0.25) is 0 Å². The van der Waals surface area contributed by atoms with Crippen LogP contribution >= 0.6 is 0 Å². The average molecular weight is 446 g/mol. The molecule has 4 aromatic rings. The van der Waals surface area contributed by atoms with Crippen LogP contribution in [0.15, 0.2) is 65.5 Å². The Bertz CT molecular complexity index is 1420. The summed E-state index contributed by atoms with van der Waals surface area (Å²) >= 11 is 0. The van der Waals surface area contributed by atoms with Crippen LogP contribution in [0.25, 0.3) is 21.8 Å². The van der Waals surface area contributed by atoms with Crippen molar-refractivity contribution in [2.45, 2.75) is 19.8 Å². The van der Waals surface area contributed by atoms with Gasteiger partial charge in [-0.2, -0.15) is 0 Å². The highest BCUT2D eigenvalue weighted by atomic mass is 16.7. The Morgan fingerprint density at radius 3 is 2.39 bits per heavy atom. The van der Waals surface area contributed by atoms with Crippen LogP contribution in [0.3, 0.4) is 0 Å². The fourth-order valence-corrected chi connectivity index (χ4v) is 4.07. The summed E-state index contributed by atoms with van der Waals surface area (Å²) in [7, 11) is 0. The van der Waals surface area contributed by atoms with Gasteiger partial charge in [-0.3, -0.25) is 19.7 Å². The maximum absolute atomic E-state index is 12.9. The third-order valence-electron chi connectivity index (χ3n) is 5.54. The summed E-state index contributed by atoms with van der Waals surface area (Å²) in [6, 6.07) is 16.9. The van der Waals surface area contributed by atoms with Crippen molar-refractivity contribution in [2.24, 2.45) is 0 Å². The number of fused-ring (bicyclic) bond motifs is 3. The van der Waals surface area contributed by atoms with Crippen LogP contribution in [-0.2, 0) is 34.0 Å². The monoisotopic (exact) mass is 446 g/mol. The Morgan fingerprint density at radius 1 is 1.06 bits per heavy atom. The van der Waals surface area contributed by atoms with Gasteiger partial charge in [-0.05, 0) is 24.3 Å². The number of carbonyl (C=O) groups excluding carboxylic acids is 1. The summed E-state index contributed by atoms with van der Waals surface area (Å²) in [5.41, 5.74) is 1.92. The molecule has 0 bridgehead atoms. The lowest BCUT2D eigenvalue weighted by atomic mass is 10.1. The number of esters is 1. The number of nitro groups is 1. The zero-order valence-electron chi connectivity index (χ0n) is 17.4. The van der Waals surface area contributed by atoms with Crippen molar-refractivity contribution < 1.29 is 23.9 Å². The van der Waals surface area contributed by atoms with E-state index < -0.39 is 10.9 Å². The quantitative estimate of drug-likeness (QED) is 0.199. The van der Waals surface area contributed by atoms with Gasteiger partial charge in [0.25, 0.3) is 5.69 Å². The second-order valence-electron chi connectivity index (χ2n) is 7.57. The fraction of sp³-hybridized carbons (Fsp3) is 0.167. The lowest BCUT2D eigenvalue weighted by molar-refractivity contribution is -0.385. The van der Waals surface area contributed by atoms with Crippen LogP contribution in [0.5, 0.6) is 5.75 Å². The van der Waals surface area contributed by atoms with Crippen molar-refractivity contribution in [2.75, 3.05) is 6.79 Å². The first-order chi connectivity index (χ1) is 16.0. The van der Waals surface area contributed by atoms with Gasteiger partial charge in [-0.15, -0.1) is 0 Å². The first-order valence-corrected chi connectivity index (χ1v) is 10.2. The number of benzene rings is 3. The first kappa shape index (κ1) is 20.7. The van der Waals surface area contributed by atoms with Gasteiger partial charge < -0.3 is 18.8 Å². The molecule has 0 amide bonds. The molecule has 0 spiro atoms. The van der Waals surface area contributed by atoms with Crippen LogP contribution in [0, 0.1) is 10.1 Å². The number of ether oxygens (including phenoxy) is 3. The normalized spacial score (nSPS) is 12.8. The SMILES string of the molecule is O=C(Cn1c2ccccc2c(=O)c2ccccc21)OCc1cc([N+](=O)[O-])cc2c1OCOC2. The Hall–Kier alpha value is -4.24. The van der Waals surface area contributed by atoms with E-state index in [1.807, 2.05) is 0 Å². The lowest BCUT2D eigenvalue weighted by Gasteiger charge is -2.20. The van der Waals surface area contributed by atoms with E-state index >= 15 is 0 Å². The van der Waals surface area contributed by atoms with Gasteiger partial charge in [0.15, 0.2) is 12.2 Å². The molecule has 2 heterocycles. The number of aromatic nitrogens is 1. The molecule has 1 aliphatic rings. The Balaban J connectivity index is 1.46. The minimum absolute atomic E-state index is 0.0150. The molecule has 1 aromatic heterocycles. The molecule has 0 saturated heterocycles. The molecule has 0 radical (unpaired) electrons. The van der Waals surface area contributed by atoms with Crippen LogP contribution in [0.2, 0.25) is 0 Å². The number of pyridine rings is 1. The third kappa shape index (κ3) is 3.79. The van der Waals surface area contributed by atoms with Crippen molar-refractivity contribution in [3.8, 4) is 5.75 Å². The van der Waals surface area contributed by atoms with E-state index in [9.17, 15) is 19.7 Å². The van der Waals surface area contributed by atoms with E-state index in [-0.39, 0.29) is 37.7 Å². The summed E-state index contributed by atoms with van der Waals surface area (Å²) in [5, 5.41) is 12.3. The number of rotatable bonds is 5. The average Bonchev–Trinajstić information content (AvgIpc) is 2.85. The molecule has 0 unspecified atom stereocenters. The van der Waals surface area contributed by atoms with Gasteiger partial charge >= 0.3 is 5.97 Å². The van der Waals surface area contributed by atoms with Gasteiger partial charge in [-0.25, -0.2) is 0 Å². The van der Waals surface area contributed by atoms with E-state index in [0.717, 1.165) is 0 Å². The number of para-hydroxylation sites is 2. The molecule has 9 nitrogen and oxygen atoms in total. The van der Waals surface area contributed by atoms with Crippen molar-refractivity contribution >= 4 is 33.5 Å². The molecule has 33 heavy (non-hydrogen) atoms. The van der Waals surface area contributed by atoms with Crippen molar-refractivity contribution in [3.05, 3.63) is 92.1 Å². The van der Waals surface area contributed by atoms with E-state index in [1.165, 1.54) is 12.1 Å². The van der Waals surface area contributed by atoms with Gasteiger partial charge in [0.05, 0.1) is 22.6 Å². The number of hydrogen-bond donors (Lipinski definition) is 0. The van der Waals surface area contributed by atoms with Crippen LogP contribution in [0.4, 0.5) is 5.69 Å². The van der Waals surface area contributed by atoms with Gasteiger partial charge in [0, 0.05) is 34.0 Å². The molecule has 0 fully saturated rings. The summed E-state index contributed by atoms with van der Waals surface area (Å²) in [4.78, 5) is 36.4. The van der Waals surface area contributed by atoms with Crippen LogP contribution in [0.1, 0.15) is 11.1 Å². The van der Waals surface area contributed by atoms with E-state index in [0.29, 0.717) is 38.7 Å². The highest BCUT2D eigenvalue weighted by Crippen LogP contribution is 2.33. The maximum Gasteiger partial charge on any atom is 0.326 e. The second kappa shape index (κ2) is 8.36. The van der Waals surface area contributed by atoms with E-state index in [4.69, 9.17) is 14.2 Å². The first-order valence-electron chi connectivity index (χ1n) is 10.2. The van der Waals surface area contributed by atoms with Gasteiger partial charge in [-0.1, -0.05) is 24.3 Å². The smallest absolute Gasteiger partial charge is 0.326 e. The predicted molar refractivity (Wildman–Crippen MR) is 119 cm³/mol. The topological polar surface area (TPSA) is 110 Å². The van der Waals surface area contributed by atoms with Crippen molar-refractivity contribution in [1.29, 1.82) is 0 Å². The zero-order chi connectivity index (χ0) is 22.9. The van der Waals surface area contributed by atoms with E-state index in [2.05, 4.69) is 0 Å². The zero-order valence-corrected chi connectivity index (χ0v) is 17.4. The minimum Gasteiger partial charge on any atom is -0.467 e. The fourth-order valence-electron chi connectivity index (χ4n) is 4.07. The third-order valence-corrected chi connectivity index (χ3v) is 5.54. The predicted octanol–water partition coefficient (Wildman–Crippen LogP) is 3.67. The molecular weight excluding hydrogens is 428 g/mol. The molecule has 166 valence electrons. The maximum atomic E-state index is 12.9. The molecule has 1 aliphatic heterocycles. The highest BCUT2D eigenvalue weighted by molar-refractivity contribution is 5.94. The largest absolute Gasteiger partial charge is 0.467 e. The lowest BCUT2D eigenvalue weighted by Crippen LogP contribution is -2.19. The Morgan fingerprint density at radius 2 is 1.73 bits per heavy atom. The van der Waals surface area contributed by atoms with Crippen molar-refractivity contribution in [3.63, 3.8) is 0 Å². The summed E-state index contributed by atoms with van der Waals surface area (Å²) in [6.45, 7) is -0.143. The Labute approximate surface area is 186 Å². The number of hydrogen-bond acceptors (Lipinski definition) is 7. The molecule has 0 aliphatic carbocycles. The highest BCUT2D eigenvalue weighted by Gasteiger charge is 2.22. The minimum atomic E-state index is -0.554. The second-order valence-corrected chi connectivity index (χ2v) is 7.57. The Kier molecular flexibility index (Phi) is 5.23. The molecule has 0 N–H and O–H groups in total. The number of nitro benzene ring substituents is 1.